The molecule has 1 fully saturated rings. The topological polar surface area (TPSA) is 46.6 Å². The number of carbonyl (C=O) groups is 2. The van der Waals surface area contributed by atoms with Crippen molar-refractivity contribution in [2.24, 2.45) is 0 Å². The van der Waals surface area contributed by atoms with Crippen molar-refractivity contribution in [3.63, 3.8) is 0 Å². The fraction of sp³-hybridized carbons (Fsp3) is 0.263. The number of imide groups is 1. The van der Waals surface area contributed by atoms with E-state index in [4.69, 9.17) is 4.74 Å². The van der Waals surface area contributed by atoms with Crippen molar-refractivity contribution in [1.29, 1.82) is 0 Å². The third-order valence-corrected chi connectivity index (χ3v) is 4.01. The molecule has 0 spiro atoms. The molecule has 1 aliphatic heterocycles. The zero-order valence-electron chi connectivity index (χ0n) is 12.9. The van der Waals surface area contributed by atoms with Gasteiger partial charge in [0.05, 0.1) is 6.04 Å². The number of nitrogens with zero attached hydrogens (tertiary/aromatic N) is 1. The van der Waals surface area contributed by atoms with E-state index in [1.165, 1.54) is 4.90 Å². The van der Waals surface area contributed by atoms with E-state index in [1.54, 1.807) is 0 Å². The summed E-state index contributed by atoms with van der Waals surface area (Å²) in [5.74, 6) is -0.169. The molecule has 2 aromatic rings. The zero-order valence-corrected chi connectivity index (χ0v) is 12.9. The second-order valence-corrected chi connectivity index (χ2v) is 5.67. The lowest BCUT2D eigenvalue weighted by atomic mass is 10.0. The molecule has 23 heavy (non-hydrogen) atoms. The minimum atomic E-state index is -0.524. The van der Waals surface area contributed by atoms with Gasteiger partial charge in [-0.1, -0.05) is 60.7 Å². The minimum Gasteiger partial charge on any atom is -0.447 e. The van der Waals surface area contributed by atoms with Gasteiger partial charge in [-0.25, -0.2) is 9.69 Å². The van der Waals surface area contributed by atoms with Crippen LogP contribution in [0.5, 0.6) is 0 Å². The van der Waals surface area contributed by atoms with E-state index < -0.39 is 6.09 Å². The maximum Gasteiger partial charge on any atom is 0.416 e. The molecule has 0 aromatic heterocycles. The maximum absolute atomic E-state index is 12.5. The van der Waals surface area contributed by atoms with Gasteiger partial charge in [0.15, 0.2) is 0 Å². The van der Waals surface area contributed by atoms with E-state index in [-0.39, 0.29) is 18.6 Å². The monoisotopic (exact) mass is 309 g/mol. The summed E-state index contributed by atoms with van der Waals surface area (Å²) in [5.41, 5.74) is 2.18. The van der Waals surface area contributed by atoms with E-state index in [0.717, 1.165) is 11.1 Å². The van der Waals surface area contributed by atoms with E-state index in [2.05, 4.69) is 0 Å². The number of carbonyl (C=O) groups excluding carboxylic acids is 2. The lowest BCUT2D eigenvalue weighted by Gasteiger charge is -2.19. The average Bonchev–Trinajstić information content (AvgIpc) is 2.95. The summed E-state index contributed by atoms with van der Waals surface area (Å²) < 4.78 is 5.09. The Morgan fingerprint density at radius 1 is 1.00 bits per heavy atom. The van der Waals surface area contributed by atoms with Gasteiger partial charge in [-0.05, 0) is 24.0 Å². The second-order valence-electron chi connectivity index (χ2n) is 5.67. The van der Waals surface area contributed by atoms with Crippen molar-refractivity contribution in [2.75, 3.05) is 6.61 Å². The molecule has 0 bridgehead atoms. The van der Waals surface area contributed by atoms with Gasteiger partial charge in [-0.2, -0.15) is 0 Å². The summed E-state index contributed by atoms with van der Waals surface area (Å²) in [4.78, 5) is 25.7. The number of rotatable bonds is 5. The zero-order chi connectivity index (χ0) is 16.1. The molecule has 2 amide bonds. The summed E-state index contributed by atoms with van der Waals surface area (Å²) in [6.45, 7) is 0.269. The summed E-state index contributed by atoms with van der Waals surface area (Å²) in [6.07, 6.45) is 1.04. The molecule has 1 heterocycles. The quantitative estimate of drug-likeness (QED) is 0.852. The predicted molar refractivity (Wildman–Crippen MR) is 86.9 cm³/mol. The number of ether oxygens (including phenoxy) is 1. The van der Waals surface area contributed by atoms with E-state index in [0.29, 0.717) is 19.3 Å². The first-order valence-corrected chi connectivity index (χ1v) is 7.80. The molecule has 1 atom stereocenters. The van der Waals surface area contributed by atoms with Gasteiger partial charge in [0.2, 0.25) is 5.91 Å². The Hall–Kier alpha value is -2.62. The molecule has 0 unspecified atom stereocenters. The van der Waals surface area contributed by atoms with Gasteiger partial charge in [0.1, 0.15) is 6.61 Å². The number of hydrogen-bond donors (Lipinski definition) is 0. The van der Waals surface area contributed by atoms with Crippen LogP contribution in [-0.2, 0) is 22.4 Å². The Bertz CT molecular complexity index is 670. The molecule has 1 saturated heterocycles. The Kier molecular flexibility index (Phi) is 4.71. The average molecular weight is 309 g/mol. The molecule has 0 N–H and O–H groups in total. The SMILES string of the molecule is O=C(CCc1ccccc1)N1C(=O)OC[C@H]1Cc1ccccc1. The van der Waals surface area contributed by atoms with Crippen molar-refractivity contribution in [3.05, 3.63) is 71.8 Å². The molecular formula is C19H19NO3. The summed E-state index contributed by atoms with van der Waals surface area (Å²) in [5, 5.41) is 0. The van der Waals surface area contributed by atoms with Crippen molar-refractivity contribution < 1.29 is 14.3 Å². The number of amides is 2. The maximum atomic E-state index is 12.5. The van der Waals surface area contributed by atoms with Crippen LogP contribution in [0.1, 0.15) is 17.5 Å². The molecule has 0 saturated carbocycles. The van der Waals surface area contributed by atoms with E-state index >= 15 is 0 Å². The first-order chi connectivity index (χ1) is 11.2. The molecule has 1 aliphatic rings. The minimum absolute atomic E-state index is 0.169. The number of benzene rings is 2. The van der Waals surface area contributed by atoms with Crippen LogP contribution in [0.15, 0.2) is 60.7 Å². The van der Waals surface area contributed by atoms with Crippen LogP contribution in [-0.4, -0.2) is 29.5 Å². The third kappa shape index (κ3) is 3.77. The van der Waals surface area contributed by atoms with Crippen molar-refractivity contribution >= 4 is 12.0 Å². The Balaban J connectivity index is 1.63. The van der Waals surface area contributed by atoms with Gasteiger partial charge >= 0.3 is 6.09 Å². The lowest BCUT2D eigenvalue weighted by Crippen LogP contribution is -2.40. The van der Waals surface area contributed by atoms with Crippen LogP contribution >= 0.6 is 0 Å². The highest BCUT2D eigenvalue weighted by Crippen LogP contribution is 2.19. The highest BCUT2D eigenvalue weighted by atomic mass is 16.6. The number of hydrogen-bond acceptors (Lipinski definition) is 3. The van der Waals surface area contributed by atoms with Crippen molar-refractivity contribution in [1.82, 2.24) is 4.90 Å². The van der Waals surface area contributed by atoms with Crippen LogP contribution in [0.4, 0.5) is 4.79 Å². The molecule has 4 nitrogen and oxygen atoms in total. The van der Waals surface area contributed by atoms with Crippen LogP contribution in [0.25, 0.3) is 0 Å². The van der Waals surface area contributed by atoms with Crippen LogP contribution < -0.4 is 0 Å². The van der Waals surface area contributed by atoms with E-state index in [9.17, 15) is 9.59 Å². The Morgan fingerprint density at radius 3 is 2.26 bits per heavy atom. The van der Waals surface area contributed by atoms with Crippen LogP contribution in [0.3, 0.4) is 0 Å². The van der Waals surface area contributed by atoms with Gasteiger partial charge in [-0.3, -0.25) is 4.79 Å². The summed E-state index contributed by atoms with van der Waals surface area (Å²) in [6, 6.07) is 19.4. The standard InChI is InChI=1S/C19H19NO3/c21-18(12-11-15-7-3-1-4-8-15)20-17(14-23-19(20)22)13-16-9-5-2-6-10-16/h1-10,17H,11-14H2/t17-/m1/s1. The van der Waals surface area contributed by atoms with Gasteiger partial charge in [0.25, 0.3) is 0 Å². The molecule has 4 heteroatoms. The van der Waals surface area contributed by atoms with Crippen LogP contribution in [0.2, 0.25) is 0 Å². The van der Waals surface area contributed by atoms with Gasteiger partial charge in [-0.15, -0.1) is 0 Å². The second kappa shape index (κ2) is 7.09. The summed E-state index contributed by atoms with van der Waals surface area (Å²) in [7, 11) is 0. The Labute approximate surface area is 135 Å². The molecule has 0 radical (unpaired) electrons. The third-order valence-electron chi connectivity index (χ3n) is 4.01. The normalized spacial score (nSPS) is 17.1. The van der Waals surface area contributed by atoms with Gasteiger partial charge in [0, 0.05) is 6.42 Å². The smallest absolute Gasteiger partial charge is 0.416 e. The van der Waals surface area contributed by atoms with Gasteiger partial charge < -0.3 is 4.74 Å². The first-order valence-electron chi connectivity index (χ1n) is 7.80. The van der Waals surface area contributed by atoms with Crippen LogP contribution in [0, 0.1) is 0 Å². The molecular weight excluding hydrogens is 290 g/mol. The largest absolute Gasteiger partial charge is 0.447 e. The lowest BCUT2D eigenvalue weighted by molar-refractivity contribution is -0.129. The molecule has 0 aliphatic carbocycles. The fourth-order valence-corrected chi connectivity index (χ4v) is 2.82. The molecule has 2 aromatic carbocycles. The van der Waals surface area contributed by atoms with Crippen molar-refractivity contribution in [2.45, 2.75) is 25.3 Å². The Morgan fingerprint density at radius 2 is 1.61 bits per heavy atom. The fourth-order valence-electron chi connectivity index (χ4n) is 2.82. The predicted octanol–water partition coefficient (Wildman–Crippen LogP) is 3.21. The highest BCUT2D eigenvalue weighted by molar-refractivity contribution is 5.93. The first kappa shape index (κ1) is 15.3. The van der Waals surface area contributed by atoms with E-state index in [1.807, 2.05) is 60.7 Å². The number of cyclic esters (lactones) is 1. The summed E-state index contributed by atoms with van der Waals surface area (Å²) >= 11 is 0. The van der Waals surface area contributed by atoms with Crippen molar-refractivity contribution in [3.8, 4) is 0 Å². The molecule has 118 valence electrons. The number of aryl methyl sites for hydroxylation is 1. The molecule has 3 rings (SSSR count). The highest BCUT2D eigenvalue weighted by Gasteiger charge is 2.37.